The summed E-state index contributed by atoms with van der Waals surface area (Å²) in [6.07, 6.45) is 5.92. The molecule has 2 aromatic carbocycles. The van der Waals surface area contributed by atoms with Gasteiger partial charge >= 0.3 is 5.97 Å². The molecule has 0 bridgehead atoms. The van der Waals surface area contributed by atoms with Gasteiger partial charge in [0.1, 0.15) is 5.75 Å². The predicted molar refractivity (Wildman–Crippen MR) is 108 cm³/mol. The van der Waals surface area contributed by atoms with E-state index in [2.05, 4.69) is 23.2 Å². The third kappa shape index (κ3) is 3.11. The Balaban J connectivity index is 1.42. The lowest BCUT2D eigenvalue weighted by Crippen LogP contribution is -2.21. The molecule has 0 saturated carbocycles. The number of carbonyl (C=O) groups is 1. The first-order chi connectivity index (χ1) is 13.8. The number of carbonyl (C=O) groups excluding carboxylic acids is 1. The number of rotatable bonds is 3. The second kappa shape index (κ2) is 7.04. The zero-order valence-electron chi connectivity index (χ0n) is 15.5. The van der Waals surface area contributed by atoms with Crippen LogP contribution in [0.5, 0.6) is 5.75 Å². The van der Waals surface area contributed by atoms with Crippen molar-refractivity contribution in [1.29, 1.82) is 0 Å². The van der Waals surface area contributed by atoms with Crippen molar-refractivity contribution in [3.8, 4) is 5.75 Å². The highest BCUT2D eigenvalue weighted by Crippen LogP contribution is 2.34. The summed E-state index contributed by atoms with van der Waals surface area (Å²) < 4.78 is 5.81. The van der Waals surface area contributed by atoms with E-state index in [0.717, 1.165) is 47.2 Å². The van der Waals surface area contributed by atoms with Crippen LogP contribution in [0, 0.1) is 5.92 Å². The van der Waals surface area contributed by atoms with Gasteiger partial charge in [0.2, 0.25) is 0 Å². The van der Waals surface area contributed by atoms with Gasteiger partial charge in [-0.3, -0.25) is 14.8 Å². The number of fused-ring (bicyclic) bond motifs is 2. The highest BCUT2D eigenvalue weighted by molar-refractivity contribution is 6.15. The third-order valence-corrected chi connectivity index (χ3v) is 5.53. The Morgan fingerprint density at radius 3 is 2.64 bits per heavy atom. The van der Waals surface area contributed by atoms with Crippen molar-refractivity contribution in [2.45, 2.75) is 25.8 Å². The van der Waals surface area contributed by atoms with Crippen molar-refractivity contribution >= 4 is 11.7 Å². The van der Waals surface area contributed by atoms with Crippen molar-refractivity contribution in [2.75, 3.05) is 0 Å². The Morgan fingerprint density at radius 2 is 1.82 bits per heavy atom. The average Bonchev–Trinajstić information content (AvgIpc) is 3.08. The Bertz CT molecular complexity index is 1060. The molecule has 28 heavy (non-hydrogen) atoms. The van der Waals surface area contributed by atoms with Gasteiger partial charge in [-0.15, -0.1) is 0 Å². The number of nitrogens with zero attached hydrogens (tertiary/aromatic N) is 2. The molecule has 4 nitrogen and oxygen atoms in total. The van der Waals surface area contributed by atoms with E-state index >= 15 is 0 Å². The molecule has 0 saturated heterocycles. The maximum atomic E-state index is 12.7. The summed E-state index contributed by atoms with van der Waals surface area (Å²) in [5.74, 6) is 0.458. The molecular formula is C24H20N2O2. The van der Waals surface area contributed by atoms with E-state index in [1.165, 1.54) is 5.56 Å². The summed E-state index contributed by atoms with van der Waals surface area (Å²) >= 11 is 0. The molecule has 2 aliphatic rings. The fourth-order valence-electron chi connectivity index (χ4n) is 4.04. The van der Waals surface area contributed by atoms with Crippen LogP contribution < -0.4 is 4.74 Å². The molecule has 138 valence electrons. The first-order valence-electron chi connectivity index (χ1n) is 9.64. The maximum Gasteiger partial charge on any atom is 0.314 e. The minimum absolute atomic E-state index is 0.113. The molecule has 1 atom stereocenters. The molecule has 3 aromatic rings. The largest absolute Gasteiger partial charge is 0.426 e. The van der Waals surface area contributed by atoms with Crippen LogP contribution in [-0.4, -0.2) is 16.7 Å². The summed E-state index contributed by atoms with van der Waals surface area (Å²) in [5.41, 5.74) is 6.58. The van der Waals surface area contributed by atoms with Gasteiger partial charge in [-0.05, 0) is 60.2 Å². The Labute approximate surface area is 163 Å². The van der Waals surface area contributed by atoms with Crippen LogP contribution in [0.25, 0.3) is 0 Å². The maximum absolute atomic E-state index is 12.7. The first-order valence-corrected chi connectivity index (χ1v) is 9.64. The number of benzene rings is 2. The average molecular weight is 368 g/mol. The zero-order chi connectivity index (χ0) is 18.9. The van der Waals surface area contributed by atoms with Gasteiger partial charge in [0.15, 0.2) is 0 Å². The van der Waals surface area contributed by atoms with Crippen LogP contribution in [0.1, 0.15) is 34.2 Å². The number of aromatic nitrogens is 1. The van der Waals surface area contributed by atoms with E-state index in [-0.39, 0.29) is 11.9 Å². The molecule has 0 fully saturated rings. The molecule has 0 amide bonds. The SMILES string of the molecule is O=C1Oc2cc3c(cc2CCC1Cc1ccccc1)C(c1ccncc1)=NC3. The lowest BCUT2D eigenvalue weighted by molar-refractivity contribution is -0.138. The summed E-state index contributed by atoms with van der Waals surface area (Å²) in [6, 6.07) is 18.3. The summed E-state index contributed by atoms with van der Waals surface area (Å²) in [5, 5.41) is 0. The van der Waals surface area contributed by atoms with Crippen molar-refractivity contribution < 1.29 is 9.53 Å². The van der Waals surface area contributed by atoms with E-state index in [9.17, 15) is 4.79 Å². The van der Waals surface area contributed by atoms with Gasteiger partial charge in [0.25, 0.3) is 0 Å². The second-order valence-electron chi connectivity index (χ2n) is 7.36. The molecule has 1 unspecified atom stereocenters. The van der Waals surface area contributed by atoms with Crippen LogP contribution in [0.15, 0.2) is 72.0 Å². The minimum atomic E-state index is -0.129. The lowest BCUT2D eigenvalue weighted by atomic mass is 9.92. The van der Waals surface area contributed by atoms with E-state index in [1.54, 1.807) is 12.4 Å². The number of esters is 1. The molecule has 0 aliphatic carbocycles. The Kier molecular flexibility index (Phi) is 4.24. The fraction of sp³-hybridized carbons (Fsp3) is 0.208. The molecule has 2 aliphatic heterocycles. The van der Waals surface area contributed by atoms with Gasteiger partial charge in [0.05, 0.1) is 18.2 Å². The van der Waals surface area contributed by atoms with Crippen molar-refractivity contribution in [1.82, 2.24) is 4.98 Å². The monoisotopic (exact) mass is 368 g/mol. The second-order valence-corrected chi connectivity index (χ2v) is 7.36. The van der Waals surface area contributed by atoms with Gasteiger partial charge in [-0.25, -0.2) is 0 Å². The van der Waals surface area contributed by atoms with Crippen LogP contribution in [0.3, 0.4) is 0 Å². The number of ether oxygens (including phenoxy) is 1. The standard InChI is InChI=1S/C24H20N2O2/c27-24-19(12-16-4-2-1-3-5-16)7-6-18-13-21-20(14-22(18)28-24)15-26-23(21)17-8-10-25-11-9-17/h1-5,8-11,13-14,19H,6-7,12,15H2. The van der Waals surface area contributed by atoms with E-state index < -0.39 is 0 Å². The van der Waals surface area contributed by atoms with Crippen molar-refractivity contribution in [2.24, 2.45) is 10.9 Å². The summed E-state index contributed by atoms with van der Waals surface area (Å²) in [7, 11) is 0. The molecule has 0 spiro atoms. The van der Waals surface area contributed by atoms with Gasteiger partial charge in [0, 0.05) is 23.5 Å². The summed E-state index contributed by atoms with van der Waals surface area (Å²) in [4.78, 5) is 21.5. The van der Waals surface area contributed by atoms with Crippen LogP contribution >= 0.6 is 0 Å². The summed E-state index contributed by atoms with van der Waals surface area (Å²) in [6.45, 7) is 0.616. The van der Waals surface area contributed by atoms with E-state index in [1.807, 2.05) is 36.4 Å². The van der Waals surface area contributed by atoms with Gasteiger partial charge in [-0.1, -0.05) is 30.3 Å². The number of hydrogen-bond donors (Lipinski definition) is 0. The van der Waals surface area contributed by atoms with Gasteiger partial charge in [-0.2, -0.15) is 0 Å². The third-order valence-electron chi connectivity index (χ3n) is 5.53. The van der Waals surface area contributed by atoms with E-state index in [4.69, 9.17) is 9.73 Å². The minimum Gasteiger partial charge on any atom is -0.426 e. The molecular weight excluding hydrogens is 348 g/mol. The molecule has 1 aromatic heterocycles. The number of hydrogen-bond acceptors (Lipinski definition) is 4. The number of aliphatic imine (C=N–C) groups is 1. The van der Waals surface area contributed by atoms with Crippen LogP contribution in [0.4, 0.5) is 0 Å². The smallest absolute Gasteiger partial charge is 0.314 e. The molecule has 4 heteroatoms. The van der Waals surface area contributed by atoms with Crippen molar-refractivity contribution in [3.05, 3.63) is 94.8 Å². The zero-order valence-corrected chi connectivity index (χ0v) is 15.5. The van der Waals surface area contributed by atoms with E-state index in [0.29, 0.717) is 12.3 Å². The number of pyridine rings is 1. The Hall–Kier alpha value is -3.27. The molecule has 3 heterocycles. The van der Waals surface area contributed by atoms with Crippen LogP contribution in [-0.2, 0) is 24.2 Å². The Morgan fingerprint density at radius 1 is 1.00 bits per heavy atom. The normalized spacial score (nSPS) is 17.9. The molecule has 0 N–H and O–H groups in total. The molecule has 0 radical (unpaired) electrons. The first kappa shape index (κ1) is 16.9. The lowest BCUT2D eigenvalue weighted by Gasteiger charge is -2.12. The van der Waals surface area contributed by atoms with Gasteiger partial charge < -0.3 is 4.74 Å². The highest BCUT2D eigenvalue weighted by atomic mass is 16.5. The molecule has 5 rings (SSSR count). The highest BCUT2D eigenvalue weighted by Gasteiger charge is 2.28. The topological polar surface area (TPSA) is 51.5 Å². The predicted octanol–water partition coefficient (Wildman–Crippen LogP) is 4.14. The fourth-order valence-corrected chi connectivity index (χ4v) is 4.04. The number of aryl methyl sites for hydroxylation is 1. The van der Waals surface area contributed by atoms with Crippen LogP contribution in [0.2, 0.25) is 0 Å². The van der Waals surface area contributed by atoms with Crippen molar-refractivity contribution in [3.63, 3.8) is 0 Å². The quantitative estimate of drug-likeness (QED) is 0.516.